The van der Waals surface area contributed by atoms with Gasteiger partial charge in [-0.05, 0) is 37.5 Å². The Hall–Kier alpha value is -0.970. The molecule has 2 aliphatic heterocycles. The third-order valence-electron chi connectivity index (χ3n) is 5.05. The number of halogens is 1. The lowest BCUT2D eigenvalue weighted by Gasteiger charge is -2.46. The molecule has 2 fully saturated rings. The van der Waals surface area contributed by atoms with E-state index in [0.29, 0.717) is 6.04 Å². The van der Waals surface area contributed by atoms with E-state index < -0.39 is 0 Å². The molecule has 3 nitrogen and oxygen atoms in total. The monoisotopic (exact) mass is 307 g/mol. The molecule has 0 saturated carbocycles. The Bertz CT molecular complexity index is 482. The summed E-state index contributed by atoms with van der Waals surface area (Å²) in [5.41, 5.74) is 1.09. The van der Waals surface area contributed by atoms with Crippen LogP contribution in [-0.2, 0) is 15.9 Å². The van der Waals surface area contributed by atoms with Crippen LogP contribution in [0.3, 0.4) is 0 Å². The molecule has 0 aliphatic carbocycles. The third-order valence-corrected chi connectivity index (χ3v) is 5.05. The van der Waals surface area contributed by atoms with Crippen LogP contribution in [0.1, 0.15) is 31.7 Å². The molecule has 2 saturated heterocycles. The van der Waals surface area contributed by atoms with Gasteiger partial charge in [-0.1, -0.05) is 12.1 Å². The normalized spacial score (nSPS) is 23.5. The van der Waals surface area contributed by atoms with E-state index in [0.717, 1.165) is 64.2 Å². The molecule has 3 rings (SSSR count). The molecule has 1 unspecified atom stereocenters. The molecule has 22 heavy (non-hydrogen) atoms. The highest BCUT2D eigenvalue weighted by molar-refractivity contribution is 5.16. The second kappa shape index (κ2) is 7.07. The molecule has 0 aromatic heterocycles. The Morgan fingerprint density at radius 2 is 2.09 bits per heavy atom. The van der Waals surface area contributed by atoms with Crippen LogP contribution in [0.25, 0.3) is 0 Å². The fourth-order valence-corrected chi connectivity index (χ4v) is 3.55. The summed E-state index contributed by atoms with van der Waals surface area (Å²) in [6.45, 7) is 6.70. The lowest BCUT2D eigenvalue weighted by atomic mass is 9.91. The Labute approximate surface area is 132 Å². The molecular weight excluding hydrogens is 281 g/mol. The minimum atomic E-state index is -0.141. The van der Waals surface area contributed by atoms with Crippen molar-refractivity contribution >= 4 is 0 Å². The van der Waals surface area contributed by atoms with Crippen molar-refractivity contribution in [3.05, 3.63) is 35.6 Å². The summed E-state index contributed by atoms with van der Waals surface area (Å²) in [5.74, 6) is -0.141. The molecule has 0 bridgehead atoms. The number of aryl methyl sites for hydroxylation is 1. The zero-order valence-corrected chi connectivity index (χ0v) is 13.4. The number of ether oxygens (including phenoxy) is 2. The van der Waals surface area contributed by atoms with Crippen molar-refractivity contribution in [2.45, 2.75) is 44.2 Å². The fraction of sp³-hybridized carbons (Fsp3) is 0.667. The highest BCUT2D eigenvalue weighted by Crippen LogP contribution is 2.30. The molecule has 122 valence electrons. The number of morpholine rings is 1. The molecule has 1 aromatic carbocycles. The van der Waals surface area contributed by atoms with Crippen LogP contribution in [0, 0.1) is 5.82 Å². The maximum Gasteiger partial charge on any atom is 0.123 e. The van der Waals surface area contributed by atoms with Gasteiger partial charge in [0.05, 0.1) is 12.2 Å². The molecule has 0 amide bonds. The van der Waals surface area contributed by atoms with Crippen molar-refractivity contribution in [3.63, 3.8) is 0 Å². The number of benzene rings is 1. The van der Waals surface area contributed by atoms with E-state index >= 15 is 0 Å². The number of hydrogen-bond donors (Lipinski definition) is 0. The quantitative estimate of drug-likeness (QED) is 0.853. The van der Waals surface area contributed by atoms with Crippen LogP contribution in [0.4, 0.5) is 4.39 Å². The van der Waals surface area contributed by atoms with E-state index in [1.807, 2.05) is 6.07 Å². The average molecular weight is 307 g/mol. The summed E-state index contributed by atoms with van der Waals surface area (Å²) in [5, 5.41) is 0. The van der Waals surface area contributed by atoms with Gasteiger partial charge in [-0.3, -0.25) is 4.90 Å². The van der Waals surface area contributed by atoms with Crippen LogP contribution in [0.15, 0.2) is 24.3 Å². The summed E-state index contributed by atoms with van der Waals surface area (Å²) in [7, 11) is 0. The largest absolute Gasteiger partial charge is 0.381 e. The van der Waals surface area contributed by atoms with Gasteiger partial charge in [0.1, 0.15) is 5.82 Å². The highest BCUT2D eigenvalue weighted by Gasteiger charge is 2.39. The molecule has 4 heteroatoms. The molecule has 1 aromatic rings. The Balaban J connectivity index is 1.54. The van der Waals surface area contributed by atoms with Crippen molar-refractivity contribution < 1.29 is 13.9 Å². The molecule has 0 N–H and O–H groups in total. The van der Waals surface area contributed by atoms with Crippen molar-refractivity contribution in [1.29, 1.82) is 0 Å². The van der Waals surface area contributed by atoms with E-state index in [1.165, 1.54) is 6.07 Å². The SMILES string of the molecule is CC(CCc1cccc(F)c1)N1CCOC2(CCOCC2)C1. The van der Waals surface area contributed by atoms with Gasteiger partial charge in [-0.2, -0.15) is 0 Å². The smallest absolute Gasteiger partial charge is 0.123 e. The number of nitrogens with zero attached hydrogens (tertiary/aromatic N) is 1. The minimum absolute atomic E-state index is 0.00359. The number of rotatable bonds is 4. The topological polar surface area (TPSA) is 21.7 Å². The molecule has 1 atom stereocenters. The predicted molar refractivity (Wildman–Crippen MR) is 84.5 cm³/mol. The molecule has 2 aliphatic rings. The summed E-state index contributed by atoms with van der Waals surface area (Å²) < 4.78 is 24.8. The van der Waals surface area contributed by atoms with Crippen LogP contribution < -0.4 is 0 Å². The zero-order valence-electron chi connectivity index (χ0n) is 13.4. The fourth-order valence-electron chi connectivity index (χ4n) is 3.55. The molecule has 2 heterocycles. The summed E-state index contributed by atoms with van der Waals surface area (Å²) in [6.07, 6.45) is 3.97. The van der Waals surface area contributed by atoms with Crippen molar-refractivity contribution in [2.75, 3.05) is 32.9 Å². The molecule has 1 spiro atoms. The summed E-state index contributed by atoms with van der Waals surface area (Å²) >= 11 is 0. The van der Waals surface area contributed by atoms with Crippen LogP contribution in [0.5, 0.6) is 0 Å². The highest BCUT2D eigenvalue weighted by atomic mass is 19.1. The predicted octanol–water partition coefficient (Wildman–Crippen LogP) is 3.03. The van der Waals surface area contributed by atoms with E-state index in [-0.39, 0.29) is 11.4 Å². The van der Waals surface area contributed by atoms with Gasteiger partial charge >= 0.3 is 0 Å². The van der Waals surface area contributed by atoms with Gasteiger partial charge in [0.2, 0.25) is 0 Å². The number of hydrogen-bond acceptors (Lipinski definition) is 3. The third kappa shape index (κ3) is 3.86. The first-order chi connectivity index (χ1) is 10.7. The second-order valence-corrected chi connectivity index (χ2v) is 6.63. The first-order valence-corrected chi connectivity index (χ1v) is 8.37. The van der Waals surface area contributed by atoms with E-state index in [9.17, 15) is 4.39 Å². The van der Waals surface area contributed by atoms with Crippen LogP contribution in [0.2, 0.25) is 0 Å². The first kappa shape index (κ1) is 15.9. The summed E-state index contributed by atoms with van der Waals surface area (Å²) in [4.78, 5) is 2.54. The minimum Gasteiger partial charge on any atom is -0.381 e. The van der Waals surface area contributed by atoms with Gasteiger partial charge < -0.3 is 9.47 Å². The van der Waals surface area contributed by atoms with Crippen molar-refractivity contribution in [3.8, 4) is 0 Å². The van der Waals surface area contributed by atoms with E-state index in [4.69, 9.17) is 9.47 Å². The van der Waals surface area contributed by atoms with Crippen LogP contribution in [-0.4, -0.2) is 49.5 Å². The molecular formula is C18H26FNO2. The van der Waals surface area contributed by atoms with Gasteiger partial charge in [0.25, 0.3) is 0 Å². The van der Waals surface area contributed by atoms with Crippen molar-refractivity contribution in [2.24, 2.45) is 0 Å². The van der Waals surface area contributed by atoms with Gasteiger partial charge in [0, 0.05) is 45.2 Å². The van der Waals surface area contributed by atoms with E-state index in [1.54, 1.807) is 12.1 Å². The van der Waals surface area contributed by atoms with Gasteiger partial charge in [-0.15, -0.1) is 0 Å². The summed E-state index contributed by atoms with van der Waals surface area (Å²) in [6, 6.07) is 7.44. The second-order valence-electron chi connectivity index (χ2n) is 6.63. The first-order valence-electron chi connectivity index (χ1n) is 8.37. The standard InChI is InChI=1S/C18H26FNO2/c1-15(5-6-16-3-2-4-17(19)13-16)20-9-12-22-18(14-20)7-10-21-11-8-18/h2-4,13,15H,5-12,14H2,1H3. The Morgan fingerprint density at radius 3 is 2.86 bits per heavy atom. The molecule has 0 radical (unpaired) electrons. The maximum atomic E-state index is 13.2. The van der Waals surface area contributed by atoms with Gasteiger partial charge in [0.15, 0.2) is 0 Å². The van der Waals surface area contributed by atoms with Crippen molar-refractivity contribution in [1.82, 2.24) is 4.90 Å². The Morgan fingerprint density at radius 1 is 1.27 bits per heavy atom. The maximum absolute atomic E-state index is 13.2. The van der Waals surface area contributed by atoms with Crippen LogP contribution >= 0.6 is 0 Å². The average Bonchev–Trinajstić information content (AvgIpc) is 2.53. The zero-order chi connectivity index (χ0) is 15.4. The lowest BCUT2D eigenvalue weighted by Crippen LogP contribution is -2.56. The van der Waals surface area contributed by atoms with Gasteiger partial charge in [-0.25, -0.2) is 4.39 Å². The lowest BCUT2D eigenvalue weighted by molar-refractivity contribution is -0.159. The van der Waals surface area contributed by atoms with E-state index in [2.05, 4.69) is 11.8 Å². The Kier molecular flexibility index (Phi) is 5.11.